The largest absolute Gasteiger partial charge is 0.465 e. The number of hydrogen-bond acceptors (Lipinski definition) is 6. The maximum absolute atomic E-state index is 11.8. The van der Waals surface area contributed by atoms with Crippen molar-refractivity contribution >= 4 is 39.3 Å². The summed E-state index contributed by atoms with van der Waals surface area (Å²) >= 11 is 3.30. The van der Waals surface area contributed by atoms with Crippen LogP contribution in [0, 0.1) is 5.92 Å². The maximum atomic E-state index is 11.8. The summed E-state index contributed by atoms with van der Waals surface area (Å²) in [6.07, 6.45) is 3.44. The van der Waals surface area contributed by atoms with Crippen molar-refractivity contribution in [1.29, 1.82) is 0 Å². The molecule has 0 saturated carbocycles. The molecule has 24 heavy (non-hydrogen) atoms. The monoisotopic (exact) mass is 364 g/mol. The van der Waals surface area contributed by atoms with Crippen LogP contribution in [0.2, 0.25) is 0 Å². The Kier molecular flexibility index (Phi) is 5.45. The number of esters is 1. The maximum Gasteiger partial charge on any atom is 0.316 e. The van der Waals surface area contributed by atoms with Gasteiger partial charge in [0.1, 0.15) is 15.7 Å². The molecule has 1 aliphatic rings. The van der Waals surface area contributed by atoms with E-state index in [1.807, 2.05) is 18.3 Å². The van der Waals surface area contributed by atoms with E-state index in [-0.39, 0.29) is 11.9 Å². The first-order valence-electron chi connectivity index (χ1n) is 8.60. The highest BCUT2D eigenvalue weighted by atomic mass is 32.2. The lowest BCUT2D eigenvalue weighted by Gasteiger charge is -2.18. The van der Waals surface area contributed by atoms with E-state index in [1.165, 1.54) is 34.0 Å². The van der Waals surface area contributed by atoms with Crippen molar-refractivity contribution in [2.45, 2.75) is 57.9 Å². The van der Waals surface area contributed by atoms with Crippen molar-refractivity contribution in [1.82, 2.24) is 9.97 Å². The van der Waals surface area contributed by atoms with Gasteiger partial charge in [0.05, 0.1) is 12.4 Å². The number of carbonyl (C=O) groups is 1. The second kappa shape index (κ2) is 7.40. The lowest BCUT2D eigenvalue weighted by atomic mass is 9.89. The number of thioether (sulfide) groups is 1. The summed E-state index contributed by atoms with van der Waals surface area (Å²) in [6.45, 7) is 8.78. The number of aromatic nitrogens is 2. The number of aryl methyl sites for hydroxylation is 1. The minimum absolute atomic E-state index is 0.182. The smallest absolute Gasteiger partial charge is 0.316 e. The van der Waals surface area contributed by atoms with Crippen molar-refractivity contribution in [3.63, 3.8) is 0 Å². The highest BCUT2D eigenvalue weighted by Gasteiger charge is 2.24. The van der Waals surface area contributed by atoms with Crippen LogP contribution < -0.4 is 0 Å². The number of rotatable bonds is 5. The number of carbonyl (C=O) groups excluding carboxylic acids is 1. The first-order valence-corrected chi connectivity index (χ1v) is 10.4. The van der Waals surface area contributed by atoms with E-state index >= 15 is 0 Å². The Balaban J connectivity index is 2.02. The number of nitrogens with zero attached hydrogens (tertiary/aromatic N) is 2. The first kappa shape index (κ1) is 17.7. The van der Waals surface area contributed by atoms with Crippen LogP contribution in [0.3, 0.4) is 0 Å². The zero-order valence-corrected chi connectivity index (χ0v) is 16.4. The topological polar surface area (TPSA) is 52.1 Å². The van der Waals surface area contributed by atoms with Crippen molar-refractivity contribution < 1.29 is 9.53 Å². The van der Waals surface area contributed by atoms with Gasteiger partial charge in [0, 0.05) is 16.2 Å². The van der Waals surface area contributed by atoms with Crippen LogP contribution in [0.4, 0.5) is 0 Å². The molecule has 0 fully saturated rings. The van der Waals surface area contributed by atoms with Gasteiger partial charge in [0.2, 0.25) is 0 Å². The summed E-state index contributed by atoms with van der Waals surface area (Å²) in [5, 5.41) is 2.13. The molecule has 130 valence electrons. The SMILES string of the molecule is CCOC(=O)CSc1nc(C(C)C)nc2sc3c(c12)CC[C@H](C)C3. The molecule has 2 aromatic rings. The highest BCUT2D eigenvalue weighted by Crippen LogP contribution is 2.41. The van der Waals surface area contributed by atoms with Gasteiger partial charge >= 0.3 is 5.97 Å². The normalized spacial score (nSPS) is 17.3. The van der Waals surface area contributed by atoms with Crippen molar-refractivity contribution in [3.8, 4) is 0 Å². The molecule has 0 spiro atoms. The Morgan fingerprint density at radius 2 is 2.21 bits per heavy atom. The van der Waals surface area contributed by atoms with Gasteiger partial charge in [-0.15, -0.1) is 11.3 Å². The molecule has 1 atom stereocenters. The standard InChI is InChI=1S/C18H24N2O2S2/c1-5-22-14(21)9-23-17-15-12-7-6-11(4)8-13(12)24-18(15)20-16(19-17)10(2)3/h10-11H,5-9H2,1-4H3/t11-/m0/s1. The van der Waals surface area contributed by atoms with Crippen molar-refractivity contribution in [2.24, 2.45) is 5.92 Å². The van der Waals surface area contributed by atoms with E-state index in [9.17, 15) is 4.79 Å². The average Bonchev–Trinajstić information content (AvgIpc) is 2.89. The molecule has 0 radical (unpaired) electrons. The third-order valence-electron chi connectivity index (χ3n) is 4.29. The summed E-state index contributed by atoms with van der Waals surface area (Å²) in [6, 6.07) is 0. The number of fused-ring (bicyclic) bond motifs is 3. The number of ether oxygens (including phenoxy) is 1. The van der Waals surface area contributed by atoms with Gasteiger partial charge in [-0.05, 0) is 37.7 Å². The molecule has 0 bridgehead atoms. The predicted molar refractivity (Wildman–Crippen MR) is 100 cm³/mol. The summed E-state index contributed by atoms with van der Waals surface area (Å²) in [5.41, 5.74) is 1.41. The van der Waals surface area contributed by atoms with Gasteiger partial charge in [-0.1, -0.05) is 32.5 Å². The molecular formula is C18H24N2O2S2. The lowest BCUT2D eigenvalue weighted by Crippen LogP contribution is -2.10. The average molecular weight is 365 g/mol. The first-order chi connectivity index (χ1) is 11.5. The fourth-order valence-corrected chi connectivity index (χ4v) is 5.33. The molecule has 0 unspecified atom stereocenters. The van der Waals surface area contributed by atoms with Gasteiger partial charge in [-0.25, -0.2) is 9.97 Å². The Labute approximate surface area is 151 Å². The molecule has 1 aliphatic carbocycles. The van der Waals surface area contributed by atoms with Crippen LogP contribution in [0.25, 0.3) is 10.2 Å². The van der Waals surface area contributed by atoms with Crippen LogP contribution in [-0.4, -0.2) is 28.3 Å². The van der Waals surface area contributed by atoms with Crippen molar-refractivity contribution in [3.05, 3.63) is 16.3 Å². The van der Waals surface area contributed by atoms with E-state index in [0.717, 1.165) is 34.4 Å². The van der Waals surface area contributed by atoms with E-state index in [4.69, 9.17) is 14.7 Å². The molecular weight excluding hydrogens is 340 g/mol. The van der Waals surface area contributed by atoms with Gasteiger partial charge in [0.15, 0.2) is 0 Å². The molecule has 4 nitrogen and oxygen atoms in total. The summed E-state index contributed by atoms with van der Waals surface area (Å²) in [4.78, 5) is 23.9. The van der Waals surface area contributed by atoms with E-state index in [2.05, 4.69) is 20.8 Å². The number of hydrogen-bond donors (Lipinski definition) is 0. The highest BCUT2D eigenvalue weighted by molar-refractivity contribution is 8.00. The summed E-state index contributed by atoms with van der Waals surface area (Å²) in [7, 11) is 0. The van der Waals surface area contributed by atoms with Gasteiger partial charge < -0.3 is 4.74 Å². The zero-order chi connectivity index (χ0) is 17.3. The molecule has 0 amide bonds. The Hall–Kier alpha value is -1.14. The zero-order valence-electron chi connectivity index (χ0n) is 14.7. The second-order valence-corrected chi connectivity index (χ2v) is 8.71. The Bertz CT molecular complexity index is 755. The minimum atomic E-state index is -0.182. The molecule has 3 rings (SSSR count). The molecule has 6 heteroatoms. The summed E-state index contributed by atoms with van der Waals surface area (Å²) in [5.74, 6) is 1.99. The molecule has 2 aromatic heterocycles. The van der Waals surface area contributed by atoms with Gasteiger partial charge in [0.25, 0.3) is 0 Å². The fraction of sp³-hybridized carbons (Fsp3) is 0.611. The van der Waals surface area contributed by atoms with E-state index in [0.29, 0.717) is 12.4 Å². The van der Waals surface area contributed by atoms with Crippen LogP contribution in [0.1, 0.15) is 56.3 Å². The van der Waals surface area contributed by atoms with Crippen LogP contribution in [-0.2, 0) is 22.4 Å². The minimum Gasteiger partial charge on any atom is -0.465 e. The lowest BCUT2D eigenvalue weighted by molar-refractivity contribution is -0.139. The summed E-state index contributed by atoms with van der Waals surface area (Å²) < 4.78 is 5.06. The Morgan fingerprint density at radius 3 is 2.92 bits per heavy atom. The van der Waals surface area contributed by atoms with E-state index < -0.39 is 0 Å². The van der Waals surface area contributed by atoms with E-state index in [1.54, 1.807) is 0 Å². The van der Waals surface area contributed by atoms with Crippen LogP contribution in [0.15, 0.2) is 5.03 Å². The molecule has 0 aliphatic heterocycles. The molecule has 0 saturated heterocycles. The van der Waals surface area contributed by atoms with Crippen molar-refractivity contribution in [2.75, 3.05) is 12.4 Å². The van der Waals surface area contributed by atoms with Crippen LogP contribution in [0.5, 0.6) is 0 Å². The third-order valence-corrected chi connectivity index (χ3v) is 6.38. The fourth-order valence-electron chi connectivity index (χ4n) is 3.02. The molecule has 2 heterocycles. The second-order valence-electron chi connectivity index (χ2n) is 6.67. The Morgan fingerprint density at radius 1 is 1.42 bits per heavy atom. The molecule has 0 aromatic carbocycles. The number of thiophene rings is 1. The third kappa shape index (κ3) is 3.59. The van der Waals surface area contributed by atoms with Crippen LogP contribution >= 0.6 is 23.1 Å². The molecule has 0 N–H and O–H groups in total. The van der Waals surface area contributed by atoms with Gasteiger partial charge in [-0.3, -0.25) is 4.79 Å². The van der Waals surface area contributed by atoms with Gasteiger partial charge in [-0.2, -0.15) is 0 Å². The quantitative estimate of drug-likeness (QED) is 0.441. The predicted octanol–water partition coefficient (Wildman–Crippen LogP) is 4.59.